The Kier molecular flexibility index (Phi) is 5.99. The number of carbonyl (C=O) groups is 1. The van der Waals surface area contributed by atoms with E-state index in [-0.39, 0.29) is 26.1 Å². The Morgan fingerprint density at radius 3 is 2.65 bits per heavy atom. The van der Waals surface area contributed by atoms with E-state index < -0.39 is 11.4 Å². The fourth-order valence-corrected chi connectivity index (χ4v) is 4.29. The lowest BCUT2D eigenvalue weighted by molar-refractivity contribution is -0.136. The van der Waals surface area contributed by atoms with Gasteiger partial charge in [-0.05, 0) is 59.5 Å². The van der Waals surface area contributed by atoms with Crippen LogP contribution in [0.4, 0.5) is 4.39 Å². The molecule has 0 atom stereocenters. The van der Waals surface area contributed by atoms with E-state index in [1.165, 1.54) is 12.1 Å². The molecule has 1 aliphatic heterocycles. The number of aliphatic imine (C=N–C) groups is 1. The number of carboxylic acid groups (broad SMARTS) is 1. The second-order valence-electron chi connectivity index (χ2n) is 8.29. The third-order valence-corrected chi connectivity index (χ3v) is 5.66. The van der Waals surface area contributed by atoms with Crippen LogP contribution in [0.2, 0.25) is 0 Å². The smallest absolute Gasteiger partial charge is 0.303 e. The molecular formula is C25H26FN3O2. The molecule has 0 spiro atoms. The number of rotatable bonds is 6. The first kappa shape index (κ1) is 22.2. The summed E-state index contributed by atoms with van der Waals surface area (Å²) in [5.74, 6) is -1.20. The zero-order chi connectivity index (χ0) is 21.5. The van der Waals surface area contributed by atoms with Crippen LogP contribution in [0.3, 0.4) is 0 Å². The fourth-order valence-electron chi connectivity index (χ4n) is 4.29. The van der Waals surface area contributed by atoms with E-state index in [9.17, 15) is 19.6 Å². The highest BCUT2D eigenvalue weighted by molar-refractivity contribution is 5.96. The molecule has 0 aliphatic carbocycles. The van der Waals surface area contributed by atoms with E-state index in [2.05, 4.69) is 27.8 Å². The maximum Gasteiger partial charge on any atom is 0.303 e. The predicted molar refractivity (Wildman–Crippen MR) is 120 cm³/mol. The van der Waals surface area contributed by atoms with Gasteiger partial charge in [0.05, 0.1) is 18.1 Å². The van der Waals surface area contributed by atoms with Gasteiger partial charge in [-0.2, -0.15) is 5.26 Å². The zero-order valence-corrected chi connectivity index (χ0v) is 16.9. The second-order valence-corrected chi connectivity index (χ2v) is 8.29. The molecule has 31 heavy (non-hydrogen) atoms. The van der Waals surface area contributed by atoms with Gasteiger partial charge in [0.2, 0.25) is 0 Å². The van der Waals surface area contributed by atoms with Crippen LogP contribution in [0.5, 0.6) is 0 Å². The molecule has 0 radical (unpaired) electrons. The molecule has 4 rings (SSSR count). The molecule has 2 aromatic carbocycles. The molecule has 1 N–H and O–H groups in total. The molecule has 0 saturated carbocycles. The topological polar surface area (TPSA) is 78.4 Å². The highest BCUT2D eigenvalue weighted by atomic mass is 19.1. The van der Waals surface area contributed by atoms with Crippen molar-refractivity contribution < 1.29 is 14.3 Å². The fraction of sp³-hybridized carbons (Fsp3) is 0.320. The number of nitriles is 1. The summed E-state index contributed by atoms with van der Waals surface area (Å²) in [5.41, 5.74) is 5.10. The minimum atomic E-state index is -0.869. The number of benzene rings is 2. The summed E-state index contributed by atoms with van der Waals surface area (Å²) in [4.78, 5) is 15.7. The van der Waals surface area contributed by atoms with Crippen molar-refractivity contribution in [1.82, 2.24) is 4.57 Å². The molecule has 2 heterocycles. The van der Waals surface area contributed by atoms with Gasteiger partial charge in [0.15, 0.2) is 0 Å². The highest BCUT2D eigenvalue weighted by Crippen LogP contribution is 2.40. The van der Waals surface area contributed by atoms with E-state index in [0.29, 0.717) is 13.0 Å². The Morgan fingerprint density at radius 2 is 2.00 bits per heavy atom. The van der Waals surface area contributed by atoms with Gasteiger partial charge in [-0.25, -0.2) is 4.39 Å². The molecule has 0 amide bonds. The minimum absolute atomic E-state index is 0. The molecule has 3 aromatic rings. The first-order valence-corrected chi connectivity index (χ1v) is 9.87. The van der Waals surface area contributed by atoms with Crippen LogP contribution < -0.4 is 0 Å². The summed E-state index contributed by atoms with van der Waals surface area (Å²) < 4.78 is 15.7. The van der Waals surface area contributed by atoms with Gasteiger partial charge < -0.3 is 9.67 Å². The normalized spacial score (nSPS) is 12.5. The van der Waals surface area contributed by atoms with Crippen molar-refractivity contribution in [2.75, 3.05) is 0 Å². The quantitative estimate of drug-likeness (QED) is 0.569. The van der Waals surface area contributed by atoms with Crippen molar-refractivity contribution in [1.29, 1.82) is 5.26 Å². The van der Waals surface area contributed by atoms with Gasteiger partial charge in [0.25, 0.3) is 0 Å². The van der Waals surface area contributed by atoms with Gasteiger partial charge in [0.1, 0.15) is 5.82 Å². The van der Waals surface area contributed by atoms with Gasteiger partial charge in [-0.1, -0.05) is 21.3 Å². The molecule has 160 valence electrons. The average molecular weight is 420 g/mol. The SMILES string of the molecule is C.CC(C)(CC#N)c1c(CCC(=O)O)c2cc3c(cc2n1-c1ccc(F)cc1)C=NC3. The van der Waals surface area contributed by atoms with Gasteiger partial charge >= 0.3 is 5.97 Å². The Balaban J connectivity index is 0.00000272. The number of carboxylic acids is 1. The second kappa shape index (κ2) is 8.35. The van der Waals surface area contributed by atoms with Crippen LogP contribution in [-0.2, 0) is 23.2 Å². The molecule has 0 saturated heterocycles. The van der Waals surface area contributed by atoms with E-state index in [0.717, 1.165) is 39.0 Å². The van der Waals surface area contributed by atoms with Crippen molar-refractivity contribution >= 4 is 23.1 Å². The zero-order valence-electron chi connectivity index (χ0n) is 16.9. The Morgan fingerprint density at radius 1 is 1.29 bits per heavy atom. The molecule has 0 fully saturated rings. The highest BCUT2D eigenvalue weighted by Gasteiger charge is 2.32. The monoisotopic (exact) mass is 419 g/mol. The van der Waals surface area contributed by atoms with Gasteiger partial charge in [0, 0.05) is 41.2 Å². The van der Waals surface area contributed by atoms with E-state index in [1.54, 1.807) is 12.1 Å². The standard InChI is InChI=1S/C24H22FN3O2.CH4/c1-24(2,9-10-26)23-19(7-8-22(29)30)20-11-15-13-27-14-16(15)12-21(20)28(23)18-5-3-17(25)4-6-18;/h3-6,11-12,14H,7-9,13H2,1-2H3,(H,29,30);1H4. The average Bonchev–Trinajstić information content (AvgIpc) is 3.27. The summed E-state index contributed by atoms with van der Waals surface area (Å²) in [6.07, 6.45) is 2.45. The number of aryl methyl sites for hydroxylation is 1. The first-order chi connectivity index (χ1) is 14.3. The Labute approximate surface area is 181 Å². The molecule has 5 nitrogen and oxygen atoms in total. The van der Waals surface area contributed by atoms with Crippen molar-refractivity contribution in [2.45, 2.75) is 52.5 Å². The molecule has 6 heteroatoms. The van der Waals surface area contributed by atoms with Crippen LogP contribution in [0.1, 0.15) is 56.5 Å². The number of nitrogens with zero attached hydrogens (tertiary/aromatic N) is 3. The maximum absolute atomic E-state index is 13.6. The lowest BCUT2D eigenvalue weighted by Crippen LogP contribution is -2.23. The maximum atomic E-state index is 13.6. The van der Waals surface area contributed by atoms with Gasteiger partial charge in [-0.15, -0.1) is 0 Å². The summed E-state index contributed by atoms with van der Waals surface area (Å²) in [7, 11) is 0. The predicted octanol–water partition coefficient (Wildman–Crippen LogP) is 5.55. The van der Waals surface area contributed by atoms with E-state index >= 15 is 0 Å². The molecule has 0 bridgehead atoms. The number of halogens is 1. The summed E-state index contributed by atoms with van der Waals surface area (Å²) in [6.45, 7) is 4.58. The van der Waals surface area contributed by atoms with Gasteiger partial charge in [-0.3, -0.25) is 9.79 Å². The lowest BCUT2D eigenvalue weighted by Gasteiger charge is -2.26. The van der Waals surface area contributed by atoms with E-state index in [4.69, 9.17) is 0 Å². The van der Waals surface area contributed by atoms with Crippen molar-refractivity contribution in [2.24, 2.45) is 4.99 Å². The van der Waals surface area contributed by atoms with Crippen LogP contribution in [0.25, 0.3) is 16.6 Å². The van der Waals surface area contributed by atoms with E-state index in [1.807, 2.05) is 20.1 Å². The number of aliphatic carboxylic acids is 1. The lowest BCUT2D eigenvalue weighted by atomic mass is 9.82. The van der Waals surface area contributed by atoms with Crippen LogP contribution in [0.15, 0.2) is 41.4 Å². The third-order valence-electron chi connectivity index (χ3n) is 5.66. The number of hydrogen-bond donors (Lipinski definition) is 1. The first-order valence-electron chi connectivity index (χ1n) is 9.87. The van der Waals surface area contributed by atoms with Crippen LogP contribution in [-0.4, -0.2) is 21.9 Å². The third kappa shape index (κ3) is 3.96. The van der Waals surface area contributed by atoms with Crippen molar-refractivity contribution in [3.8, 4) is 11.8 Å². The van der Waals surface area contributed by atoms with Crippen molar-refractivity contribution in [3.63, 3.8) is 0 Å². The van der Waals surface area contributed by atoms with Crippen molar-refractivity contribution in [3.05, 3.63) is 64.6 Å². The number of aromatic nitrogens is 1. The van der Waals surface area contributed by atoms with Crippen LogP contribution >= 0.6 is 0 Å². The minimum Gasteiger partial charge on any atom is -0.481 e. The molecule has 1 aromatic heterocycles. The molecule has 0 unspecified atom stereocenters. The summed E-state index contributed by atoms with van der Waals surface area (Å²) in [5, 5.41) is 19.8. The Bertz CT molecular complexity index is 1210. The Hall–Kier alpha value is -3.46. The van der Waals surface area contributed by atoms with Crippen LogP contribution in [0, 0.1) is 17.1 Å². The summed E-state index contributed by atoms with van der Waals surface area (Å²) in [6, 6.07) is 12.6. The molecular weight excluding hydrogens is 393 g/mol. The molecule has 1 aliphatic rings. The number of fused-ring (bicyclic) bond motifs is 2. The largest absolute Gasteiger partial charge is 0.481 e. The number of hydrogen-bond acceptors (Lipinski definition) is 3. The summed E-state index contributed by atoms with van der Waals surface area (Å²) >= 11 is 0.